The van der Waals surface area contributed by atoms with Crippen LogP contribution in [-0.4, -0.2) is 58.6 Å². The standard InChI is InChI=1S/C15H16N4O3S/c1-22-9-13(20)18-6-3-7-19(18)15(21)12-10-23-14(17-12)11-4-2-5-16-8-11/h2,4-5,8,10H,3,6-7,9H2,1H3. The second kappa shape index (κ2) is 6.84. The first kappa shape index (κ1) is 15.6. The maximum atomic E-state index is 12.6. The van der Waals surface area contributed by atoms with Crippen molar-refractivity contribution in [3.63, 3.8) is 0 Å². The molecule has 0 spiro atoms. The molecule has 7 nitrogen and oxygen atoms in total. The Bertz CT molecular complexity index is 704. The van der Waals surface area contributed by atoms with Crippen LogP contribution in [0.15, 0.2) is 29.9 Å². The van der Waals surface area contributed by atoms with Gasteiger partial charge in [0.15, 0.2) is 0 Å². The molecule has 3 heterocycles. The number of hydrogen-bond donors (Lipinski definition) is 0. The van der Waals surface area contributed by atoms with Crippen molar-refractivity contribution in [2.45, 2.75) is 6.42 Å². The summed E-state index contributed by atoms with van der Waals surface area (Å²) in [4.78, 5) is 33.1. The summed E-state index contributed by atoms with van der Waals surface area (Å²) < 4.78 is 4.86. The number of pyridine rings is 1. The molecule has 0 N–H and O–H groups in total. The first-order valence-electron chi connectivity index (χ1n) is 7.17. The second-order valence-electron chi connectivity index (χ2n) is 5.01. The van der Waals surface area contributed by atoms with Crippen molar-refractivity contribution in [2.75, 3.05) is 26.8 Å². The molecule has 3 rings (SSSR count). The molecule has 1 fully saturated rings. The average Bonchev–Trinajstić information content (AvgIpc) is 3.25. The zero-order valence-corrected chi connectivity index (χ0v) is 13.5. The van der Waals surface area contributed by atoms with E-state index in [-0.39, 0.29) is 18.4 Å². The number of hydrazine groups is 1. The molecule has 23 heavy (non-hydrogen) atoms. The maximum absolute atomic E-state index is 12.6. The number of aromatic nitrogens is 2. The van der Waals surface area contributed by atoms with Crippen LogP contribution >= 0.6 is 11.3 Å². The van der Waals surface area contributed by atoms with E-state index in [1.165, 1.54) is 28.5 Å². The van der Waals surface area contributed by atoms with Gasteiger partial charge in [0.1, 0.15) is 17.3 Å². The molecule has 8 heteroatoms. The highest BCUT2D eigenvalue weighted by molar-refractivity contribution is 7.13. The average molecular weight is 332 g/mol. The summed E-state index contributed by atoms with van der Waals surface area (Å²) in [6.45, 7) is 0.989. The fourth-order valence-corrected chi connectivity index (χ4v) is 3.19. The van der Waals surface area contributed by atoms with Gasteiger partial charge in [-0.1, -0.05) is 0 Å². The Kier molecular flexibility index (Phi) is 4.63. The van der Waals surface area contributed by atoms with Gasteiger partial charge in [-0.2, -0.15) is 0 Å². The highest BCUT2D eigenvalue weighted by Gasteiger charge is 2.32. The first-order chi connectivity index (χ1) is 11.2. The minimum Gasteiger partial charge on any atom is -0.375 e. The van der Waals surface area contributed by atoms with Gasteiger partial charge in [-0.3, -0.25) is 14.6 Å². The smallest absolute Gasteiger partial charge is 0.291 e. The fraction of sp³-hybridized carbons (Fsp3) is 0.333. The van der Waals surface area contributed by atoms with Crippen LogP contribution in [0.3, 0.4) is 0 Å². The van der Waals surface area contributed by atoms with E-state index in [0.29, 0.717) is 18.8 Å². The second-order valence-corrected chi connectivity index (χ2v) is 5.87. The normalized spacial score (nSPS) is 14.3. The molecule has 0 aromatic carbocycles. The number of hydrogen-bond acceptors (Lipinski definition) is 6. The number of carbonyl (C=O) groups excluding carboxylic acids is 2. The van der Waals surface area contributed by atoms with Crippen LogP contribution in [-0.2, 0) is 9.53 Å². The van der Waals surface area contributed by atoms with Crippen LogP contribution < -0.4 is 0 Å². The van der Waals surface area contributed by atoms with Crippen molar-refractivity contribution < 1.29 is 14.3 Å². The van der Waals surface area contributed by atoms with E-state index in [1.54, 1.807) is 17.8 Å². The third-order valence-electron chi connectivity index (χ3n) is 3.45. The lowest BCUT2D eigenvalue weighted by Crippen LogP contribution is -2.46. The third kappa shape index (κ3) is 3.22. The molecule has 0 saturated carbocycles. The minimum absolute atomic E-state index is 0.0399. The Labute approximate surface area is 137 Å². The molecular formula is C15H16N4O3S. The number of thiazole rings is 1. The van der Waals surface area contributed by atoms with E-state index in [9.17, 15) is 9.59 Å². The van der Waals surface area contributed by atoms with E-state index < -0.39 is 0 Å². The SMILES string of the molecule is COCC(=O)N1CCCN1C(=O)c1csc(-c2cccnc2)n1. The molecule has 1 aliphatic heterocycles. The minimum atomic E-state index is -0.265. The van der Waals surface area contributed by atoms with Gasteiger partial charge in [-0.25, -0.2) is 15.0 Å². The molecule has 1 saturated heterocycles. The lowest BCUT2D eigenvalue weighted by Gasteiger charge is -2.26. The van der Waals surface area contributed by atoms with Crippen LogP contribution in [0.5, 0.6) is 0 Å². The predicted molar refractivity (Wildman–Crippen MR) is 84.6 cm³/mol. The van der Waals surface area contributed by atoms with E-state index in [1.807, 2.05) is 12.1 Å². The van der Waals surface area contributed by atoms with Crippen LogP contribution in [0.1, 0.15) is 16.9 Å². The first-order valence-corrected chi connectivity index (χ1v) is 8.05. The zero-order valence-electron chi connectivity index (χ0n) is 12.6. The van der Waals surface area contributed by atoms with Gasteiger partial charge in [0.25, 0.3) is 11.8 Å². The zero-order chi connectivity index (χ0) is 16.2. The lowest BCUT2D eigenvalue weighted by atomic mass is 10.3. The summed E-state index contributed by atoms with van der Waals surface area (Å²) in [5.41, 5.74) is 1.20. The Morgan fingerprint density at radius 1 is 1.35 bits per heavy atom. The summed E-state index contributed by atoms with van der Waals surface area (Å²) >= 11 is 1.38. The number of ether oxygens (including phenoxy) is 1. The molecule has 2 amide bonds. The van der Waals surface area contributed by atoms with Gasteiger partial charge in [0.05, 0.1) is 0 Å². The molecule has 120 valence electrons. The monoisotopic (exact) mass is 332 g/mol. The van der Waals surface area contributed by atoms with Crippen molar-refractivity contribution in [3.8, 4) is 10.6 Å². The van der Waals surface area contributed by atoms with Crippen molar-refractivity contribution in [1.82, 2.24) is 20.0 Å². The van der Waals surface area contributed by atoms with Gasteiger partial charge in [0.2, 0.25) is 0 Å². The largest absolute Gasteiger partial charge is 0.375 e. The van der Waals surface area contributed by atoms with Crippen LogP contribution in [0.4, 0.5) is 0 Å². The fourth-order valence-electron chi connectivity index (χ4n) is 2.41. The number of carbonyl (C=O) groups is 2. The van der Waals surface area contributed by atoms with Crippen molar-refractivity contribution in [2.24, 2.45) is 0 Å². The Morgan fingerprint density at radius 2 is 2.17 bits per heavy atom. The van der Waals surface area contributed by atoms with Gasteiger partial charge < -0.3 is 4.74 Å². The molecule has 0 bridgehead atoms. The van der Waals surface area contributed by atoms with Gasteiger partial charge in [-0.15, -0.1) is 11.3 Å². The molecule has 0 radical (unpaired) electrons. The molecule has 1 aliphatic rings. The van der Waals surface area contributed by atoms with Crippen LogP contribution in [0, 0.1) is 0 Å². The van der Waals surface area contributed by atoms with Crippen LogP contribution in [0.25, 0.3) is 10.6 Å². The lowest BCUT2D eigenvalue weighted by molar-refractivity contribution is -0.144. The van der Waals surface area contributed by atoms with E-state index >= 15 is 0 Å². The van der Waals surface area contributed by atoms with Crippen molar-refractivity contribution in [3.05, 3.63) is 35.6 Å². The van der Waals surface area contributed by atoms with E-state index in [0.717, 1.165) is 17.0 Å². The predicted octanol–water partition coefficient (Wildman–Crippen LogP) is 1.44. The van der Waals surface area contributed by atoms with E-state index in [2.05, 4.69) is 9.97 Å². The Balaban J connectivity index is 1.78. The number of nitrogens with zero attached hydrogens (tertiary/aromatic N) is 4. The number of methoxy groups -OCH3 is 1. The van der Waals surface area contributed by atoms with Gasteiger partial charge in [-0.05, 0) is 18.6 Å². The molecule has 2 aromatic rings. The molecule has 2 aromatic heterocycles. The number of rotatable bonds is 4. The molecule has 0 unspecified atom stereocenters. The van der Waals surface area contributed by atoms with Gasteiger partial charge >= 0.3 is 0 Å². The highest BCUT2D eigenvalue weighted by atomic mass is 32.1. The Hall–Kier alpha value is -2.32. The van der Waals surface area contributed by atoms with Crippen LogP contribution in [0.2, 0.25) is 0 Å². The number of amides is 2. The summed E-state index contributed by atoms with van der Waals surface area (Å²) in [6.07, 6.45) is 4.14. The molecule has 0 atom stereocenters. The summed E-state index contributed by atoms with van der Waals surface area (Å²) in [5, 5.41) is 5.33. The summed E-state index contributed by atoms with van der Waals surface area (Å²) in [5.74, 6) is -0.487. The molecular weight excluding hydrogens is 316 g/mol. The quantitative estimate of drug-likeness (QED) is 0.847. The Morgan fingerprint density at radius 3 is 2.91 bits per heavy atom. The van der Waals surface area contributed by atoms with Crippen molar-refractivity contribution in [1.29, 1.82) is 0 Å². The molecule has 0 aliphatic carbocycles. The van der Waals surface area contributed by atoms with Crippen molar-refractivity contribution >= 4 is 23.2 Å². The highest BCUT2D eigenvalue weighted by Crippen LogP contribution is 2.24. The third-order valence-corrected chi connectivity index (χ3v) is 4.34. The topological polar surface area (TPSA) is 75.6 Å². The van der Waals surface area contributed by atoms with Gasteiger partial charge in [0, 0.05) is 43.5 Å². The summed E-state index contributed by atoms with van der Waals surface area (Å²) in [6, 6.07) is 3.72. The van der Waals surface area contributed by atoms with E-state index in [4.69, 9.17) is 4.74 Å². The maximum Gasteiger partial charge on any atom is 0.291 e. The summed E-state index contributed by atoms with van der Waals surface area (Å²) in [7, 11) is 1.46.